The summed E-state index contributed by atoms with van der Waals surface area (Å²) in [6.45, 7) is 2.68. The summed E-state index contributed by atoms with van der Waals surface area (Å²) >= 11 is 10.5. The molecule has 0 radical (unpaired) electrons. The molecular formula is C27H23BrClNO5S. The molecule has 2 amide bonds. The van der Waals surface area contributed by atoms with E-state index in [0.29, 0.717) is 43.8 Å². The predicted molar refractivity (Wildman–Crippen MR) is 146 cm³/mol. The zero-order chi connectivity index (χ0) is 25.7. The Balaban J connectivity index is 1.43. The lowest BCUT2D eigenvalue weighted by Gasteiger charge is -2.14. The Morgan fingerprint density at radius 1 is 1.06 bits per heavy atom. The molecule has 3 aromatic carbocycles. The summed E-state index contributed by atoms with van der Waals surface area (Å²) < 4.78 is 17.8. The SMILES string of the molecule is COc1cc(/C=C2\SC(=O)N(CCOc3ccc(C)cc3)C2=O)cc(Br)c1OCc1cccc(Cl)c1. The zero-order valence-corrected chi connectivity index (χ0v) is 22.8. The van der Waals surface area contributed by atoms with Gasteiger partial charge in [-0.3, -0.25) is 14.5 Å². The van der Waals surface area contributed by atoms with Gasteiger partial charge in [0.15, 0.2) is 11.5 Å². The number of amides is 2. The first-order chi connectivity index (χ1) is 17.3. The Hall–Kier alpha value is -2.94. The summed E-state index contributed by atoms with van der Waals surface area (Å²) in [7, 11) is 1.54. The molecule has 0 unspecified atom stereocenters. The second-order valence-electron chi connectivity index (χ2n) is 7.95. The molecule has 9 heteroatoms. The Morgan fingerprint density at radius 2 is 1.83 bits per heavy atom. The standard InChI is InChI=1S/C27H23BrClNO5S/c1-17-6-8-21(9-7-17)34-11-10-30-26(31)24(36-27(30)32)15-19-13-22(28)25(23(14-19)33-2)35-16-18-4-3-5-20(29)12-18/h3-9,12-15H,10-11,16H2,1-2H3/b24-15-. The Labute approximate surface area is 227 Å². The molecular weight excluding hydrogens is 566 g/mol. The molecule has 0 aromatic heterocycles. The Morgan fingerprint density at radius 3 is 2.56 bits per heavy atom. The van der Waals surface area contributed by atoms with Crippen LogP contribution in [0, 0.1) is 6.92 Å². The lowest BCUT2D eigenvalue weighted by atomic mass is 10.1. The molecule has 3 aromatic rings. The van der Waals surface area contributed by atoms with E-state index in [1.165, 1.54) is 4.90 Å². The van der Waals surface area contributed by atoms with Crippen LogP contribution in [0.15, 0.2) is 70.0 Å². The number of carbonyl (C=O) groups is 2. The smallest absolute Gasteiger partial charge is 0.293 e. The summed E-state index contributed by atoms with van der Waals surface area (Å²) in [4.78, 5) is 26.9. The second kappa shape index (κ2) is 11.9. The fourth-order valence-electron chi connectivity index (χ4n) is 3.48. The van der Waals surface area contributed by atoms with E-state index in [1.54, 1.807) is 25.3 Å². The number of rotatable bonds is 9. The highest BCUT2D eigenvalue weighted by atomic mass is 79.9. The number of hydrogen-bond donors (Lipinski definition) is 0. The first-order valence-corrected chi connectivity index (χ1v) is 13.0. The minimum Gasteiger partial charge on any atom is -0.493 e. The lowest BCUT2D eigenvalue weighted by molar-refractivity contribution is -0.123. The molecule has 1 aliphatic heterocycles. The van der Waals surface area contributed by atoms with Gasteiger partial charge in [-0.1, -0.05) is 41.4 Å². The molecule has 0 atom stereocenters. The maximum atomic E-state index is 12.9. The van der Waals surface area contributed by atoms with Crippen LogP contribution in [-0.2, 0) is 11.4 Å². The van der Waals surface area contributed by atoms with Crippen molar-refractivity contribution in [2.24, 2.45) is 0 Å². The third-order valence-electron chi connectivity index (χ3n) is 5.30. The van der Waals surface area contributed by atoms with Gasteiger partial charge >= 0.3 is 0 Å². The molecule has 0 spiro atoms. The van der Waals surface area contributed by atoms with Crippen molar-refractivity contribution >= 4 is 56.5 Å². The summed E-state index contributed by atoms with van der Waals surface area (Å²) in [5, 5.41) is 0.305. The van der Waals surface area contributed by atoms with Crippen molar-refractivity contribution in [3.63, 3.8) is 0 Å². The molecule has 4 rings (SSSR count). The third-order valence-corrected chi connectivity index (χ3v) is 7.03. The fourth-order valence-corrected chi connectivity index (χ4v) is 5.13. The quantitative estimate of drug-likeness (QED) is 0.248. The summed E-state index contributed by atoms with van der Waals surface area (Å²) in [5.74, 6) is 1.35. The van der Waals surface area contributed by atoms with E-state index in [4.69, 9.17) is 25.8 Å². The number of imide groups is 1. The molecule has 1 fully saturated rings. The van der Waals surface area contributed by atoms with Crippen LogP contribution in [0.5, 0.6) is 17.2 Å². The highest BCUT2D eigenvalue weighted by Crippen LogP contribution is 2.39. The van der Waals surface area contributed by atoms with Crippen molar-refractivity contribution in [1.82, 2.24) is 4.90 Å². The molecule has 36 heavy (non-hydrogen) atoms. The number of halogens is 2. The van der Waals surface area contributed by atoms with Crippen LogP contribution < -0.4 is 14.2 Å². The minimum absolute atomic E-state index is 0.166. The van der Waals surface area contributed by atoms with Crippen molar-refractivity contribution in [1.29, 1.82) is 0 Å². The molecule has 0 saturated carbocycles. The topological polar surface area (TPSA) is 65.1 Å². The van der Waals surface area contributed by atoms with Crippen LogP contribution in [0.1, 0.15) is 16.7 Å². The molecule has 0 bridgehead atoms. The minimum atomic E-state index is -0.353. The molecule has 1 aliphatic rings. The van der Waals surface area contributed by atoms with E-state index in [1.807, 2.05) is 55.5 Å². The van der Waals surface area contributed by atoms with E-state index < -0.39 is 0 Å². The van der Waals surface area contributed by atoms with Crippen LogP contribution in [0.4, 0.5) is 4.79 Å². The van der Waals surface area contributed by atoms with Crippen LogP contribution in [0.3, 0.4) is 0 Å². The van der Waals surface area contributed by atoms with Crippen LogP contribution in [0.25, 0.3) is 6.08 Å². The summed E-state index contributed by atoms with van der Waals surface area (Å²) in [6.07, 6.45) is 1.67. The normalized spacial score (nSPS) is 14.4. The van der Waals surface area contributed by atoms with Crippen molar-refractivity contribution in [2.45, 2.75) is 13.5 Å². The predicted octanol–water partition coefficient (Wildman–Crippen LogP) is 7.11. The van der Waals surface area contributed by atoms with Crippen LogP contribution >= 0.6 is 39.3 Å². The molecule has 6 nitrogen and oxygen atoms in total. The fraction of sp³-hybridized carbons (Fsp3) is 0.185. The number of hydrogen-bond acceptors (Lipinski definition) is 6. The third kappa shape index (κ3) is 6.43. The molecule has 186 valence electrons. The number of aryl methyl sites for hydroxylation is 1. The van der Waals surface area contributed by atoms with Gasteiger partial charge in [-0.25, -0.2) is 0 Å². The second-order valence-corrected chi connectivity index (χ2v) is 10.2. The van der Waals surface area contributed by atoms with Gasteiger partial charge in [-0.05, 0) is 88.2 Å². The van der Waals surface area contributed by atoms with Gasteiger partial charge < -0.3 is 14.2 Å². The van der Waals surface area contributed by atoms with Gasteiger partial charge in [0.2, 0.25) is 0 Å². The lowest BCUT2D eigenvalue weighted by Crippen LogP contribution is -2.32. The first-order valence-electron chi connectivity index (χ1n) is 11.0. The Kier molecular flexibility index (Phi) is 8.61. The first kappa shape index (κ1) is 26.1. The van der Waals surface area contributed by atoms with E-state index in [-0.39, 0.29) is 24.3 Å². The Bertz CT molecular complexity index is 1310. The summed E-state index contributed by atoms with van der Waals surface area (Å²) in [5.41, 5.74) is 2.73. The van der Waals surface area contributed by atoms with Gasteiger partial charge in [0, 0.05) is 5.02 Å². The van der Waals surface area contributed by atoms with E-state index in [2.05, 4.69) is 15.9 Å². The maximum Gasteiger partial charge on any atom is 0.293 e. The zero-order valence-electron chi connectivity index (χ0n) is 19.6. The van der Waals surface area contributed by atoms with Gasteiger partial charge in [-0.2, -0.15) is 0 Å². The van der Waals surface area contributed by atoms with Crippen molar-refractivity contribution < 1.29 is 23.8 Å². The molecule has 0 aliphatic carbocycles. The van der Waals surface area contributed by atoms with Crippen molar-refractivity contribution in [3.8, 4) is 17.2 Å². The van der Waals surface area contributed by atoms with Crippen molar-refractivity contribution in [3.05, 3.63) is 91.8 Å². The maximum absolute atomic E-state index is 12.9. The molecule has 0 N–H and O–H groups in total. The van der Waals surface area contributed by atoms with E-state index >= 15 is 0 Å². The van der Waals surface area contributed by atoms with E-state index in [9.17, 15) is 9.59 Å². The number of nitrogens with zero attached hydrogens (tertiary/aromatic N) is 1. The number of ether oxygens (including phenoxy) is 3. The average molecular weight is 589 g/mol. The van der Waals surface area contributed by atoms with Gasteiger partial charge in [0.25, 0.3) is 11.1 Å². The number of methoxy groups -OCH3 is 1. The van der Waals surface area contributed by atoms with Gasteiger partial charge in [-0.15, -0.1) is 0 Å². The van der Waals surface area contributed by atoms with E-state index in [0.717, 1.165) is 22.9 Å². The highest BCUT2D eigenvalue weighted by Gasteiger charge is 2.35. The average Bonchev–Trinajstić information content (AvgIpc) is 3.11. The van der Waals surface area contributed by atoms with Crippen LogP contribution in [-0.4, -0.2) is 36.3 Å². The molecule has 1 saturated heterocycles. The van der Waals surface area contributed by atoms with Gasteiger partial charge in [0.05, 0.1) is 23.0 Å². The molecule has 1 heterocycles. The number of benzene rings is 3. The van der Waals surface area contributed by atoms with Gasteiger partial charge in [0.1, 0.15) is 19.0 Å². The largest absolute Gasteiger partial charge is 0.493 e. The number of thioether (sulfide) groups is 1. The highest BCUT2D eigenvalue weighted by molar-refractivity contribution is 9.10. The summed E-state index contributed by atoms with van der Waals surface area (Å²) in [6, 6.07) is 18.6. The number of carbonyl (C=O) groups excluding carboxylic acids is 2. The van der Waals surface area contributed by atoms with Crippen molar-refractivity contribution in [2.75, 3.05) is 20.3 Å². The monoisotopic (exact) mass is 587 g/mol. The van der Waals surface area contributed by atoms with Crippen LogP contribution in [0.2, 0.25) is 5.02 Å².